The fourth-order valence-electron chi connectivity index (χ4n) is 2.28. The van der Waals surface area contributed by atoms with Gasteiger partial charge in [-0.15, -0.1) is 0 Å². The Kier molecular flexibility index (Phi) is 5.55. The van der Waals surface area contributed by atoms with Crippen LogP contribution in [0.2, 0.25) is 0 Å². The van der Waals surface area contributed by atoms with Crippen LogP contribution in [-0.2, 0) is 0 Å². The van der Waals surface area contributed by atoms with Crippen molar-refractivity contribution in [2.45, 2.75) is 0 Å². The minimum atomic E-state index is -0.778. The van der Waals surface area contributed by atoms with Crippen LogP contribution in [0.5, 0.6) is 11.5 Å². The number of para-hydroxylation sites is 1. The number of carbonyl (C=O) groups is 1. The zero-order valence-corrected chi connectivity index (χ0v) is 14.1. The van der Waals surface area contributed by atoms with E-state index in [1.807, 2.05) is 36.4 Å². The predicted molar refractivity (Wildman–Crippen MR) is 99.1 cm³/mol. The van der Waals surface area contributed by atoms with Crippen LogP contribution in [0.1, 0.15) is 21.5 Å². The summed E-state index contributed by atoms with van der Waals surface area (Å²) in [6.07, 6.45) is 1.43. The largest absolute Gasteiger partial charge is 0.457 e. The fraction of sp³-hybridized carbons (Fsp3) is 0. The van der Waals surface area contributed by atoms with Gasteiger partial charge in [-0.25, -0.2) is 9.82 Å². The number of nitriles is 1. The fourth-order valence-corrected chi connectivity index (χ4v) is 2.28. The molecule has 0 atom stereocenters. The van der Waals surface area contributed by atoms with E-state index in [9.17, 15) is 9.18 Å². The lowest BCUT2D eigenvalue weighted by molar-refractivity contribution is 0.0951. The molecule has 0 saturated heterocycles. The van der Waals surface area contributed by atoms with Gasteiger partial charge in [-0.2, -0.15) is 10.4 Å². The maximum atomic E-state index is 13.8. The molecule has 1 amide bonds. The molecule has 6 heteroatoms. The van der Waals surface area contributed by atoms with E-state index >= 15 is 0 Å². The van der Waals surface area contributed by atoms with Gasteiger partial charge in [0.25, 0.3) is 5.91 Å². The Hall–Kier alpha value is -3.98. The summed E-state index contributed by atoms with van der Waals surface area (Å²) >= 11 is 0. The van der Waals surface area contributed by atoms with Crippen LogP contribution in [0.25, 0.3) is 0 Å². The third kappa shape index (κ3) is 4.77. The van der Waals surface area contributed by atoms with Crippen molar-refractivity contribution in [2.24, 2.45) is 5.10 Å². The summed E-state index contributed by atoms with van der Waals surface area (Å²) in [6.45, 7) is 0. The SMILES string of the molecule is N#Cc1ccc(C(=O)N/N=C\c2cccc(Oc3ccccc3)c2)c(F)c1. The smallest absolute Gasteiger partial charge is 0.274 e. The summed E-state index contributed by atoms with van der Waals surface area (Å²) in [6, 6.07) is 21.9. The molecule has 0 bridgehead atoms. The highest BCUT2D eigenvalue weighted by atomic mass is 19.1. The van der Waals surface area contributed by atoms with Crippen molar-refractivity contribution in [1.29, 1.82) is 5.26 Å². The van der Waals surface area contributed by atoms with Gasteiger partial charge in [0, 0.05) is 0 Å². The van der Waals surface area contributed by atoms with Gasteiger partial charge >= 0.3 is 0 Å². The van der Waals surface area contributed by atoms with Gasteiger partial charge in [0.1, 0.15) is 17.3 Å². The molecule has 0 fully saturated rings. The zero-order valence-electron chi connectivity index (χ0n) is 14.1. The first kappa shape index (κ1) is 17.8. The van der Waals surface area contributed by atoms with Crippen molar-refractivity contribution in [3.63, 3.8) is 0 Å². The number of amides is 1. The van der Waals surface area contributed by atoms with E-state index in [1.165, 1.54) is 18.3 Å². The Morgan fingerprint density at radius 3 is 2.56 bits per heavy atom. The molecule has 0 spiro atoms. The lowest BCUT2D eigenvalue weighted by atomic mass is 10.1. The minimum Gasteiger partial charge on any atom is -0.457 e. The quantitative estimate of drug-likeness (QED) is 0.546. The number of rotatable bonds is 5. The number of ether oxygens (including phenoxy) is 1. The van der Waals surface area contributed by atoms with Crippen molar-refractivity contribution < 1.29 is 13.9 Å². The van der Waals surface area contributed by atoms with E-state index in [0.717, 1.165) is 6.07 Å². The zero-order chi connectivity index (χ0) is 19.1. The number of hydrogen-bond acceptors (Lipinski definition) is 4. The van der Waals surface area contributed by atoms with Crippen LogP contribution < -0.4 is 10.2 Å². The van der Waals surface area contributed by atoms with Gasteiger partial charge in [0.2, 0.25) is 0 Å². The maximum absolute atomic E-state index is 13.8. The van der Waals surface area contributed by atoms with Crippen molar-refractivity contribution in [2.75, 3.05) is 0 Å². The average molecular weight is 359 g/mol. The molecule has 0 aliphatic carbocycles. The number of halogens is 1. The van der Waals surface area contributed by atoms with Gasteiger partial charge in [0.05, 0.1) is 23.4 Å². The first-order valence-electron chi connectivity index (χ1n) is 8.02. The van der Waals surface area contributed by atoms with Crippen molar-refractivity contribution in [3.8, 4) is 17.6 Å². The highest BCUT2D eigenvalue weighted by Gasteiger charge is 2.11. The molecule has 0 saturated carbocycles. The number of carbonyl (C=O) groups excluding carboxylic acids is 1. The molecule has 3 aromatic carbocycles. The molecule has 0 heterocycles. The topological polar surface area (TPSA) is 74.5 Å². The molecule has 0 unspecified atom stereocenters. The Morgan fingerprint density at radius 1 is 1.04 bits per heavy atom. The van der Waals surface area contributed by atoms with Gasteiger partial charge in [0.15, 0.2) is 0 Å². The van der Waals surface area contributed by atoms with Crippen LogP contribution >= 0.6 is 0 Å². The second-order valence-corrected chi connectivity index (χ2v) is 5.49. The van der Waals surface area contributed by atoms with Crippen LogP contribution in [0.3, 0.4) is 0 Å². The lowest BCUT2D eigenvalue weighted by Crippen LogP contribution is -2.19. The second kappa shape index (κ2) is 8.41. The molecule has 3 aromatic rings. The summed E-state index contributed by atoms with van der Waals surface area (Å²) < 4.78 is 19.5. The summed E-state index contributed by atoms with van der Waals surface area (Å²) in [5, 5.41) is 12.6. The lowest BCUT2D eigenvalue weighted by Gasteiger charge is -2.06. The summed E-state index contributed by atoms with van der Waals surface area (Å²) in [5.74, 6) is -0.157. The summed E-state index contributed by atoms with van der Waals surface area (Å²) in [5.41, 5.74) is 2.91. The standard InChI is InChI=1S/C21H14FN3O2/c22-20-12-15(13-23)9-10-19(20)21(26)25-24-14-16-5-4-8-18(11-16)27-17-6-2-1-3-7-17/h1-12,14H,(H,25,26)/b24-14-. The Labute approximate surface area is 155 Å². The van der Waals surface area contributed by atoms with Gasteiger partial charge < -0.3 is 4.74 Å². The van der Waals surface area contributed by atoms with Gasteiger partial charge in [-0.1, -0.05) is 30.3 Å². The van der Waals surface area contributed by atoms with Crippen molar-refractivity contribution in [1.82, 2.24) is 5.43 Å². The van der Waals surface area contributed by atoms with Crippen LogP contribution in [0.4, 0.5) is 4.39 Å². The highest BCUT2D eigenvalue weighted by Crippen LogP contribution is 2.21. The molecular weight excluding hydrogens is 345 g/mol. The van der Waals surface area contributed by atoms with E-state index in [2.05, 4.69) is 10.5 Å². The molecule has 1 N–H and O–H groups in total. The van der Waals surface area contributed by atoms with E-state index in [-0.39, 0.29) is 11.1 Å². The highest BCUT2D eigenvalue weighted by molar-refractivity contribution is 5.95. The third-order valence-electron chi connectivity index (χ3n) is 3.56. The predicted octanol–water partition coefficient (Wildman–Crippen LogP) is 4.25. The molecule has 132 valence electrons. The Balaban J connectivity index is 1.65. The summed E-state index contributed by atoms with van der Waals surface area (Å²) in [7, 11) is 0. The van der Waals surface area contributed by atoms with Crippen LogP contribution in [-0.4, -0.2) is 12.1 Å². The van der Waals surface area contributed by atoms with Crippen LogP contribution in [0, 0.1) is 17.1 Å². The Bertz CT molecular complexity index is 1030. The molecule has 0 aliphatic rings. The van der Waals surface area contributed by atoms with Gasteiger partial charge in [-0.05, 0) is 48.0 Å². The molecule has 27 heavy (non-hydrogen) atoms. The molecule has 0 radical (unpaired) electrons. The number of hydrogen-bond donors (Lipinski definition) is 1. The average Bonchev–Trinajstić information content (AvgIpc) is 2.69. The number of nitrogens with one attached hydrogen (secondary N) is 1. The van der Waals surface area contributed by atoms with Crippen molar-refractivity contribution in [3.05, 3.63) is 95.3 Å². The molecular formula is C21H14FN3O2. The normalized spacial score (nSPS) is 10.4. The van der Waals surface area contributed by atoms with Gasteiger partial charge in [-0.3, -0.25) is 4.79 Å². The monoisotopic (exact) mass is 359 g/mol. The first-order valence-corrected chi connectivity index (χ1v) is 8.02. The molecule has 0 aromatic heterocycles. The molecule has 3 rings (SSSR count). The first-order chi connectivity index (χ1) is 13.2. The number of hydrazone groups is 1. The Morgan fingerprint density at radius 2 is 1.81 bits per heavy atom. The van der Waals surface area contributed by atoms with E-state index in [4.69, 9.17) is 10.00 Å². The van der Waals surface area contributed by atoms with E-state index < -0.39 is 11.7 Å². The van der Waals surface area contributed by atoms with E-state index in [0.29, 0.717) is 17.1 Å². The second-order valence-electron chi connectivity index (χ2n) is 5.49. The van der Waals surface area contributed by atoms with E-state index in [1.54, 1.807) is 24.3 Å². The number of benzene rings is 3. The number of nitrogens with zero attached hydrogens (tertiary/aromatic N) is 2. The van der Waals surface area contributed by atoms with Crippen LogP contribution in [0.15, 0.2) is 77.9 Å². The summed E-state index contributed by atoms with van der Waals surface area (Å²) in [4.78, 5) is 12.0. The van der Waals surface area contributed by atoms with Crippen molar-refractivity contribution >= 4 is 12.1 Å². The molecule has 0 aliphatic heterocycles. The minimum absolute atomic E-state index is 0.141. The third-order valence-corrected chi connectivity index (χ3v) is 3.56. The molecule has 5 nitrogen and oxygen atoms in total. The maximum Gasteiger partial charge on any atom is 0.274 e.